The van der Waals surface area contributed by atoms with Gasteiger partial charge in [-0.3, -0.25) is 5.32 Å². The molecule has 1 aliphatic rings. The Balaban J connectivity index is 2.09. The predicted octanol–water partition coefficient (Wildman–Crippen LogP) is 1.18. The van der Waals surface area contributed by atoms with Gasteiger partial charge in [-0.2, -0.15) is 0 Å². The average molecular weight is 267 g/mol. The molecule has 0 spiro atoms. The van der Waals surface area contributed by atoms with Crippen molar-refractivity contribution in [3.05, 3.63) is 29.6 Å². The molecule has 1 aromatic rings. The van der Waals surface area contributed by atoms with Gasteiger partial charge >= 0.3 is 0 Å². The van der Waals surface area contributed by atoms with Crippen molar-refractivity contribution < 1.29 is 9.50 Å². The molecule has 1 aromatic carbocycles. The van der Waals surface area contributed by atoms with Crippen molar-refractivity contribution in [2.45, 2.75) is 13.2 Å². The van der Waals surface area contributed by atoms with Crippen LogP contribution in [-0.4, -0.2) is 49.8 Å². The fourth-order valence-electron chi connectivity index (χ4n) is 2.42. The van der Waals surface area contributed by atoms with Gasteiger partial charge in [0.1, 0.15) is 12.0 Å². The quantitative estimate of drug-likeness (QED) is 0.804. The van der Waals surface area contributed by atoms with E-state index in [9.17, 15) is 9.50 Å². The lowest BCUT2D eigenvalue weighted by molar-refractivity contribution is 0.149. The Hall–Kier alpha value is -1.17. The van der Waals surface area contributed by atoms with Crippen molar-refractivity contribution in [2.24, 2.45) is 0 Å². The first-order valence-electron chi connectivity index (χ1n) is 6.77. The third kappa shape index (κ3) is 3.23. The maximum atomic E-state index is 14.1. The second kappa shape index (κ2) is 6.32. The minimum absolute atomic E-state index is 0.267. The van der Waals surface area contributed by atoms with E-state index in [1.807, 2.05) is 0 Å². The van der Waals surface area contributed by atoms with Crippen LogP contribution < -0.4 is 10.2 Å². The topological polar surface area (TPSA) is 38.7 Å². The van der Waals surface area contributed by atoms with E-state index in [1.165, 1.54) is 6.07 Å². The third-order valence-electron chi connectivity index (χ3n) is 3.72. The van der Waals surface area contributed by atoms with Crippen LogP contribution in [0.3, 0.4) is 0 Å². The number of benzene rings is 1. The van der Waals surface area contributed by atoms with Crippen LogP contribution in [0.5, 0.6) is 0 Å². The summed E-state index contributed by atoms with van der Waals surface area (Å²) in [5.41, 5.74) is 1.18. The van der Waals surface area contributed by atoms with Gasteiger partial charge in [0, 0.05) is 26.2 Å². The van der Waals surface area contributed by atoms with Crippen LogP contribution >= 0.6 is 0 Å². The first-order chi connectivity index (χ1) is 9.15. The van der Waals surface area contributed by atoms with Gasteiger partial charge in [-0.15, -0.1) is 0 Å². The fraction of sp³-hybridized carbons (Fsp3) is 0.571. The van der Waals surface area contributed by atoms with Crippen LogP contribution in [0.15, 0.2) is 18.2 Å². The Morgan fingerprint density at radius 3 is 2.53 bits per heavy atom. The number of piperazine rings is 1. The number of likely N-dealkylation sites (N-methyl/N-ethyl adjacent to an activating group) is 1. The van der Waals surface area contributed by atoms with Gasteiger partial charge in [0.25, 0.3) is 0 Å². The molecule has 0 bridgehead atoms. The van der Waals surface area contributed by atoms with Gasteiger partial charge in [-0.05, 0) is 31.3 Å². The first kappa shape index (κ1) is 14.2. The lowest BCUT2D eigenvalue weighted by Crippen LogP contribution is -2.46. The molecule has 1 fully saturated rings. The molecular formula is C14H22FN3O. The second-order valence-electron chi connectivity index (χ2n) is 4.82. The van der Waals surface area contributed by atoms with Crippen molar-refractivity contribution >= 4 is 5.69 Å². The normalized spacial score (nSPS) is 18.6. The number of rotatable bonds is 4. The van der Waals surface area contributed by atoms with Crippen molar-refractivity contribution in [2.75, 3.05) is 44.7 Å². The molecular weight excluding hydrogens is 245 g/mol. The lowest BCUT2D eigenvalue weighted by Gasteiger charge is -2.35. The molecule has 0 amide bonds. The predicted molar refractivity (Wildman–Crippen MR) is 74.7 cm³/mol. The third-order valence-corrected chi connectivity index (χ3v) is 3.72. The molecule has 2 N–H and O–H groups in total. The molecule has 19 heavy (non-hydrogen) atoms. The molecule has 5 heteroatoms. The fourth-order valence-corrected chi connectivity index (χ4v) is 2.42. The highest BCUT2D eigenvalue weighted by molar-refractivity contribution is 5.50. The van der Waals surface area contributed by atoms with Crippen LogP contribution in [0.4, 0.5) is 10.1 Å². The highest BCUT2D eigenvalue weighted by Gasteiger charge is 2.19. The van der Waals surface area contributed by atoms with Gasteiger partial charge < -0.3 is 14.9 Å². The summed E-state index contributed by atoms with van der Waals surface area (Å²) < 4.78 is 14.1. The smallest absolute Gasteiger partial charge is 0.146 e. The minimum Gasteiger partial charge on any atom is -0.374 e. The first-order valence-corrected chi connectivity index (χ1v) is 6.77. The van der Waals surface area contributed by atoms with E-state index in [0.717, 1.165) is 32.7 Å². The Kier molecular flexibility index (Phi) is 4.74. The van der Waals surface area contributed by atoms with Gasteiger partial charge in [-0.25, -0.2) is 4.39 Å². The molecule has 0 aliphatic carbocycles. The van der Waals surface area contributed by atoms with E-state index in [0.29, 0.717) is 11.3 Å². The molecule has 1 unspecified atom stereocenters. The average Bonchev–Trinajstić information content (AvgIpc) is 2.46. The number of anilines is 1. The molecule has 2 rings (SSSR count). The minimum atomic E-state index is -0.819. The molecule has 1 aliphatic heterocycles. The number of nitrogens with one attached hydrogen (secondary N) is 1. The molecule has 0 saturated carbocycles. The second-order valence-corrected chi connectivity index (χ2v) is 4.82. The van der Waals surface area contributed by atoms with Crippen molar-refractivity contribution in [3.8, 4) is 0 Å². The number of aliphatic hydroxyl groups is 1. The summed E-state index contributed by atoms with van der Waals surface area (Å²) in [4.78, 5) is 4.42. The zero-order valence-corrected chi connectivity index (χ0v) is 11.6. The number of nitrogens with zero attached hydrogens (tertiary/aromatic N) is 2. The summed E-state index contributed by atoms with van der Waals surface area (Å²) in [6.07, 6.45) is -0.819. The van der Waals surface area contributed by atoms with Gasteiger partial charge in [0.2, 0.25) is 0 Å². The van der Waals surface area contributed by atoms with Crippen LogP contribution in [0.25, 0.3) is 0 Å². The summed E-state index contributed by atoms with van der Waals surface area (Å²) in [7, 11) is 1.64. The molecule has 4 nitrogen and oxygen atoms in total. The van der Waals surface area contributed by atoms with Crippen molar-refractivity contribution in [1.82, 2.24) is 10.2 Å². The van der Waals surface area contributed by atoms with E-state index in [4.69, 9.17) is 0 Å². The van der Waals surface area contributed by atoms with Crippen LogP contribution in [-0.2, 0) is 0 Å². The maximum Gasteiger partial charge on any atom is 0.146 e. The molecule has 1 atom stereocenters. The van der Waals surface area contributed by atoms with E-state index < -0.39 is 6.23 Å². The number of aliphatic hydroxyl groups excluding tert-OH is 1. The maximum absolute atomic E-state index is 14.1. The van der Waals surface area contributed by atoms with E-state index in [1.54, 1.807) is 19.2 Å². The van der Waals surface area contributed by atoms with Gasteiger partial charge in [-0.1, -0.05) is 13.0 Å². The molecule has 0 aromatic heterocycles. The monoisotopic (exact) mass is 267 g/mol. The van der Waals surface area contributed by atoms with Gasteiger partial charge in [0.15, 0.2) is 0 Å². The zero-order chi connectivity index (χ0) is 13.8. The largest absolute Gasteiger partial charge is 0.374 e. The Morgan fingerprint density at radius 1 is 1.32 bits per heavy atom. The Bertz CT molecular complexity index is 419. The van der Waals surface area contributed by atoms with E-state index in [-0.39, 0.29) is 5.82 Å². The van der Waals surface area contributed by atoms with E-state index in [2.05, 4.69) is 22.0 Å². The standard InChI is InChI=1S/C14H22FN3O/c1-3-17-6-8-18(9-7-17)13-5-4-11(10-12(13)15)14(19)16-2/h4-5,10,14,16,19H,3,6-9H2,1-2H3. The zero-order valence-electron chi connectivity index (χ0n) is 11.6. The van der Waals surface area contributed by atoms with Crippen molar-refractivity contribution in [1.29, 1.82) is 0 Å². The lowest BCUT2D eigenvalue weighted by atomic mass is 10.1. The number of hydrogen-bond acceptors (Lipinski definition) is 4. The number of hydrogen-bond donors (Lipinski definition) is 2. The summed E-state index contributed by atoms with van der Waals surface area (Å²) >= 11 is 0. The summed E-state index contributed by atoms with van der Waals surface area (Å²) in [6.45, 7) is 6.82. The Labute approximate surface area is 113 Å². The van der Waals surface area contributed by atoms with Gasteiger partial charge in [0.05, 0.1) is 5.69 Å². The highest BCUT2D eigenvalue weighted by atomic mass is 19.1. The Morgan fingerprint density at radius 2 is 2.00 bits per heavy atom. The number of halogens is 1. The molecule has 1 saturated heterocycles. The van der Waals surface area contributed by atoms with Crippen LogP contribution in [0.2, 0.25) is 0 Å². The molecule has 0 radical (unpaired) electrons. The molecule has 1 heterocycles. The highest BCUT2D eigenvalue weighted by Crippen LogP contribution is 2.23. The summed E-state index contributed by atoms with van der Waals surface area (Å²) in [5, 5.41) is 12.3. The SMILES string of the molecule is CCN1CCN(c2ccc(C(O)NC)cc2F)CC1. The van der Waals surface area contributed by atoms with Crippen LogP contribution in [0.1, 0.15) is 18.7 Å². The van der Waals surface area contributed by atoms with E-state index >= 15 is 0 Å². The summed E-state index contributed by atoms with van der Waals surface area (Å²) in [6, 6.07) is 4.93. The molecule has 106 valence electrons. The summed E-state index contributed by atoms with van der Waals surface area (Å²) in [5.74, 6) is -0.267. The van der Waals surface area contributed by atoms with Crippen molar-refractivity contribution in [3.63, 3.8) is 0 Å². The van der Waals surface area contributed by atoms with Crippen LogP contribution in [0, 0.1) is 5.82 Å².